The third-order valence-electron chi connectivity index (χ3n) is 5.83. The highest BCUT2D eigenvalue weighted by atomic mass is 16.6. The molecule has 0 N–H and O–H groups in total. The lowest BCUT2D eigenvalue weighted by Gasteiger charge is -2.36. The van der Waals surface area contributed by atoms with Crippen LogP contribution in [0.4, 0.5) is 0 Å². The minimum Gasteiger partial charge on any atom is -0.489 e. The number of nitriles is 1. The maximum Gasteiger partial charge on any atom is 0.308 e. The molecule has 186 valence electrons. The van der Waals surface area contributed by atoms with Crippen LogP contribution in [0.3, 0.4) is 0 Å². The second-order valence-electron chi connectivity index (χ2n) is 9.74. The van der Waals surface area contributed by atoms with Gasteiger partial charge in [0.2, 0.25) is 0 Å². The van der Waals surface area contributed by atoms with Gasteiger partial charge in [-0.2, -0.15) is 5.26 Å². The first-order valence-corrected chi connectivity index (χ1v) is 12.0. The number of methoxy groups -OCH3 is 1. The van der Waals surface area contributed by atoms with Gasteiger partial charge >= 0.3 is 5.97 Å². The summed E-state index contributed by atoms with van der Waals surface area (Å²) in [7, 11) is 1.65. The third kappa shape index (κ3) is 7.56. The zero-order valence-electron chi connectivity index (χ0n) is 21.0. The van der Waals surface area contributed by atoms with Gasteiger partial charge < -0.3 is 19.1 Å². The van der Waals surface area contributed by atoms with Crippen LogP contribution in [0.5, 0.6) is 5.75 Å². The van der Waals surface area contributed by atoms with E-state index in [-0.39, 0.29) is 24.3 Å². The molecule has 1 heterocycles. The largest absolute Gasteiger partial charge is 0.489 e. The third-order valence-corrected chi connectivity index (χ3v) is 5.83. The summed E-state index contributed by atoms with van der Waals surface area (Å²) in [6.07, 6.45) is 2.26. The van der Waals surface area contributed by atoms with Crippen LogP contribution in [-0.4, -0.2) is 48.7 Å². The van der Waals surface area contributed by atoms with Crippen LogP contribution in [0.1, 0.15) is 67.1 Å². The summed E-state index contributed by atoms with van der Waals surface area (Å²) in [5, 5.41) is 8.92. The molecule has 1 aliphatic rings. The Morgan fingerprint density at radius 1 is 1.17 bits per heavy atom. The highest BCUT2D eigenvalue weighted by molar-refractivity contribution is 5.97. The molecule has 1 unspecified atom stereocenters. The summed E-state index contributed by atoms with van der Waals surface area (Å²) in [6.45, 7) is 7.01. The Bertz CT molecular complexity index is 1070. The zero-order chi connectivity index (χ0) is 25.4. The number of hydrogen-bond donors (Lipinski definition) is 0. The Hall–Kier alpha value is -3.37. The standard InChI is InChI=1S/C28H34N2O5/c1-28(2,3)35-26(31)17-23(6-5-15-33-4)30-14-13-22-16-24(11-12-25(22)27(30)32)34-19-21-9-7-20(18-29)8-10-21/h7-12,16,23H,5-6,13-15,17,19H2,1-4H3. The van der Waals surface area contributed by atoms with E-state index in [4.69, 9.17) is 19.5 Å². The van der Waals surface area contributed by atoms with Gasteiger partial charge in [0.25, 0.3) is 5.91 Å². The predicted molar refractivity (Wildman–Crippen MR) is 132 cm³/mol. The first kappa shape index (κ1) is 26.2. The molecule has 0 saturated heterocycles. The van der Waals surface area contributed by atoms with E-state index in [0.29, 0.717) is 49.5 Å². The van der Waals surface area contributed by atoms with Gasteiger partial charge in [0.05, 0.1) is 18.1 Å². The highest BCUT2D eigenvalue weighted by Crippen LogP contribution is 2.28. The molecule has 35 heavy (non-hydrogen) atoms. The lowest BCUT2D eigenvalue weighted by atomic mass is 9.95. The van der Waals surface area contributed by atoms with Crippen molar-refractivity contribution in [1.82, 2.24) is 4.90 Å². The van der Waals surface area contributed by atoms with Crippen molar-refractivity contribution in [3.8, 4) is 11.8 Å². The van der Waals surface area contributed by atoms with Gasteiger partial charge in [-0.05, 0) is 81.5 Å². The van der Waals surface area contributed by atoms with Crippen molar-refractivity contribution in [3.63, 3.8) is 0 Å². The Kier molecular flexibility index (Phi) is 8.89. The number of ether oxygens (including phenoxy) is 3. The van der Waals surface area contributed by atoms with Crippen molar-refractivity contribution in [2.45, 2.75) is 64.7 Å². The molecule has 2 aromatic carbocycles. The molecular formula is C28H34N2O5. The number of carbonyl (C=O) groups excluding carboxylic acids is 2. The Morgan fingerprint density at radius 2 is 1.91 bits per heavy atom. The van der Waals surface area contributed by atoms with Crippen molar-refractivity contribution < 1.29 is 23.8 Å². The highest BCUT2D eigenvalue weighted by Gasteiger charge is 2.32. The number of nitrogens with zero attached hydrogens (tertiary/aromatic N) is 2. The van der Waals surface area contributed by atoms with Crippen molar-refractivity contribution in [2.75, 3.05) is 20.3 Å². The van der Waals surface area contributed by atoms with E-state index < -0.39 is 5.60 Å². The van der Waals surface area contributed by atoms with Crippen LogP contribution in [0.25, 0.3) is 0 Å². The van der Waals surface area contributed by atoms with E-state index in [0.717, 1.165) is 17.5 Å². The number of benzene rings is 2. The number of esters is 1. The van der Waals surface area contributed by atoms with Crippen LogP contribution >= 0.6 is 0 Å². The van der Waals surface area contributed by atoms with Crippen LogP contribution in [0.2, 0.25) is 0 Å². The van der Waals surface area contributed by atoms with Gasteiger partial charge in [-0.1, -0.05) is 12.1 Å². The average Bonchev–Trinajstić information content (AvgIpc) is 2.81. The fourth-order valence-electron chi connectivity index (χ4n) is 4.17. The molecule has 0 bridgehead atoms. The Morgan fingerprint density at radius 3 is 2.57 bits per heavy atom. The normalized spacial score (nSPS) is 14.1. The van der Waals surface area contributed by atoms with E-state index >= 15 is 0 Å². The lowest BCUT2D eigenvalue weighted by Crippen LogP contribution is -2.46. The predicted octanol–water partition coefficient (Wildman–Crippen LogP) is 4.66. The number of hydrogen-bond acceptors (Lipinski definition) is 6. The second-order valence-corrected chi connectivity index (χ2v) is 9.74. The summed E-state index contributed by atoms with van der Waals surface area (Å²) in [4.78, 5) is 27.7. The topological polar surface area (TPSA) is 88.9 Å². The van der Waals surface area contributed by atoms with Crippen LogP contribution in [0, 0.1) is 11.3 Å². The van der Waals surface area contributed by atoms with E-state index in [1.54, 1.807) is 36.3 Å². The summed E-state index contributed by atoms with van der Waals surface area (Å²) in [5.41, 5.74) is 2.59. The first-order chi connectivity index (χ1) is 16.7. The molecule has 1 aliphatic heterocycles. The SMILES string of the molecule is COCCCC(CC(=O)OC(C)(C)C)N1CCc2cc(OCc3ccc(C#N)cc3)ccc2C1=O. The molecule has 0 fully saturated rings. The molecule has 3 rings (SSSR count). The molecule has 1 amide bonds. The van der Waals surface area contributed by atoms with Gasteiger partial charge in [-0.3, -0.25) is 9.59 Å². The maximum atomic E-state index is 13.4. The van der Waals surface area contributed by atoms with Gasteiger partial charge in [0, 0.05) is 31.9 Å². The van der Waals surface area contributed by atoms with Gasteiger partial charge in [-0.25, -0.2) is 0 Å². The van der Waals surface area contributed by atoms with Crippen molar-refractivity contribution in [2.24, 2.45) is 0 Å². The molecule has 0 saturated carbocycles. The quantitative estimate of drug-likeness (QED) is 0.364. The van der Waals surface area contributed by atoms with Crippen LogP contribution in [0.15, 0.2) is 42.5 Å². The molecule has 2 aromatic rings. The minimum absolute atomic E-state index is 0.0733. The van der Waals surface area contributed by atoms with Crippen LogP contribution < -0.4 is 4.74 Å². The van der Waals surface area contributed by atoms with Gasteiger partial charge in [0.1, 0.15) is 18.0 Å². The molecule has 0 aliphatic carbocycles. The number of amides is 1. The maximum absolute atomic E-state index is 13.4. The van der Waals surface area contributed by atoms with E-state index in [1.807, 2.05) is 39.0 Å². The Balaban J connectivity index is 1.68. The van der Waals surface area contributed by atoms with Gasteiger partial charge in [-0.15, -0.1) is 0 Å². The average molecular weight is 479 g/mol. The van der Waals surface area contributed by atoms with E-state index in [9.17, 15) is 9.59 Å². The second kappa shape index (κ2) is 11.9. The van der Waals surface area contributed by atoms with E-state index in [1.165, 1.54) is 0 Å². The molecule has 0 spiro atoms. The molecule has 7 heteroatoms. The van der Waals surface area contributed by atoms with Crippen molar-refractivity contribution in [3.05, 3.63) is 64.7 Å². The summed E-state index contributed by atoms with van der Waals surface area (Å²) in [6, 6.07) is 14.6. The fraction of sp³-hybridized carbons (Fsp3) is 0.464. The molecule has 1 atom stereocenters. The van der Waals surface area contributed by atoms with Crippen molar-refractivity contribution >= 4 is 11.9 Å². The number of fused-ring (bicyclic) bond motifs is 1. The zero-order valence-corrected chi connectivity index (χ0v) is 21.0. The smallest absolute Gasteiger partial charge is 0.308 e. The number of rotatable bonds is 10. The minimum atomic E-state index is -0.569. The monoisotopic (exact) mass is 478 g/mol. The Labute approximate surface area is 207 Å². The first-order valence-electron chi connectivity index (χ1n) is 12.0. The molecule has 0 radical (unpaired) electrons. The van der Waals surface area contributed by atoms with Crippen molar-refractivity contribution in [1.29, 1.82) is 5.26 Å². The van der Waals surface area contributed by atoms with Crippen LogP contribution in [-0.2, 0) is 27.3 Å². The molecule has 0 aromatic heterocycles. The lowest BCUT2D eigenvalue weighted by molar-refractivity contribution is -0.156. The summed E-state index contributed by atoms with van der Waals surface area (Å²) in [5.74, 6) is 0.320. The molecular weight excluding hydrogens is 444 g/mol. The fourth-order valence-corrected chi connectivity index (χ4v) is 4.17. The summed E-state index contributed by atoms with van der Waals surface area (Å²) >= 11 is 0. The van der Waals surface area contributed by atoms with E-state index in [2.05, 4.69) is 6.07 Å². The van der Waals surface area contributed by atoms with Gasteiger partial charge in [0.15, 0.2) is 0 Å². The molecule has 7 nitrogen and oxygen atoms in total. The number of carbonyl (C=O) groups is 2. The summed E-state index contributed by atoms with van der Waals surface area (Å²) < 4.78 is 16.6.